The second kappa shape index (κ2) is 6.24. The van der Waals surface area contributed by atoms with Crippen LogP contribution < -0.4 is 5.32 Å². The molecule has 0 saturated heterocycles. The predicted molar refractivity (Wildman–Crippen MR) is 77.7 cm³/mol. The second-order valence-electron chi connectivity index (χ2n) is 5.73. The van der Waals surface area contributed by atoms with Gasteiger partial charge in [0.1, 0.15) is 0 Å². The molecular formula is C13H24N4O2S. The van der Waals surface area contributed by atoms with Crippen molar-refractivity contribution >= 4 is 10.0 Å². The Morgan fingerprint density at radius 3 is 2.75 bits per heavy atom. The minimum atomic E-state index is -3.49. The van der Waals surface area contributed by atoms with Crippen LogP contribution in [0.5, 0.6) is 0 Å². The highest BCUT2D eigenvalue weighted by Gasteiger charge is 2.29. The summed E-state index contributed by atoms with van der Waals surface area (Å²) in [7, 11) is -3.49. The van der Waals surface area contributed by atoms with Crippen molar-refractivity contribution in [2.45, 2.75) is 51.2 Å². The molecular weight excluding hydrogens is 276 g/mol. The van der Waals surface area contributed by atoms with E-state index in [4.69, 9.17) is 0 Å². The van der Waals surface area contributed by atoms with E-state index >= 15 is 0 Å². The zero-order chi connectivity index (χ0) is 14.8. The summed E-state index contributed by atoms with van der Waals surface area (Å²) in [5.41, 5.74) is 0.721. The Morgan fingerprint density at radius 2 is 2.20 bits per heavy atom. The molecule has 1 aromatic rings. The van der Waals surface area contributed by atoms with Gasteiger partial charge in [-0.2, -0.15) is 9.40 Å². The number of sulfonamides is 1. The molecule has 1 aliphatic rings. The van der Waals surface area contributed by atoms with Crippen LogP contribution in [0, 0.1) is 5.92 Å². The standard InChI is InChI=1S/C13H24N4O2S/c1-4-17(9-10(2)3)20(18,19)13-11(8-15-16-13)7-14-12-5-6-12/h8,10,12,14H,4-7,9H2,1-3H3,(H,15,16). The van der Waals surface area contributed by atoms with Crippen LogP contribution in [0.25, 0.3) is 0 Å². The van der Waals surface area contributed by atoms with E-state index < -0.39 is 10.0 Å². The summed E-state index contributed by atoms with van der Waals surface area (Å²) in [4.78, 5) is 0. The third kappa shape index (κ3) is 3.59. The summed E-state index contributed by atoms with van der Waals surface area (Å²) in [6, 6.07) is 0.540. The van der Waals surface area contributed by atoms with Gasteiger partial charge in [0.05, 0.1) is 6.20 Å². The fourth-order valence-corrected chi connectivity index (χ4v) is 3.84. The number of H-pyrrole nitrogens is 1. The van der Waals surface area contributed by atoms with E-state index in [-0.39, 0.29) is 5.03 Å². The molecule has 114 valence electrons. The molecule has 0 atom stereocenters. The van der Waals surface area contributed by atoms with E-state index in [0.29, 0.717) is 31.6 Å². The lowest BCUT2D eigenvalue weighted by Gasteiger charge is -2.22. The predicted octanol–water partition coefficient (Wildman–Crippen LogP) is 1.33. The van der Waals surface area contributed by atoms with Gasteiger partial charge in [-0.1, -0.05) is 20.8 Å². The highest BCUT2D eigenvalue weighted by molar-refractivity contribution is 7.89. The van der Waals surface area contributed by atoms with Crippen molar-refractivity contribution < 1.29 is 8.42 Å². The molecule has 1 aromatic heterocycles. The molecule has 7 heteroatoms. The fourth-order valence-electron chi connectivity index (χ4n) is 2.12. The molecule has 1 aliphatic carbocycles. The monoisotopic (exact) mass is 300 g/mol. The van der Waals surface area contributed by atoms with Crippen molar-refractivity contribution in [1.29, 1.82) is 0 Å². The molecule has 0 bridgehead atoms. The van der Waals surface area contributed by atoms with E-state index in [1.165, 1.54) is 17.1 Å². The highest BCUT2D eigenvalue weighted by atomic mass is 32.2. The molecule has 0 radical (unpaired) electrons. The molecule has 2 rings (SSSR count). The Hall–Kier alpha value is -0.920. The number of aromatic amines is 1. The van der Waals surface area contributed by atoms with Gasteiger partial charge in [-0.25, -0.2) is 8.42 Å². The number of nitrogens with zero attached hydrogens (tertiary/aromatic N) is 2. The van der Waals surface area contributed by atoms with Crippen LogP contribution in [0.2, 0.25) is 0 Å². The molecule has 1 saturated carbocycles. The minimum absolute atomic E-state index is 0.230. The number of aromatic nitrogens is 2. The van der Waals surface area contributed by atoms with E-state index in [1.807, 2.05) is 20.8 Å². The zero-order valence-electron chi connectivity index (χ0n) is 12.4. The lowest BCUT2D eigenvalue weighted by atomic mass is 10.2. The van der Waals surface area contributed by atoms with Crippen molar-refractivity contribution in [2.24, 2.45) is 5.92 Å². The van der Waals surface area contributed by atoms with Gasteiger partial charge in [0.2, 0.25) is 0 Å². The maximum atomic E-state index is 12.7. The average molecular weight is 300 g/mol. The van der Waals surface area contributed by atoms with Gasteiger partial charge < -0.3 is 5.32 Å². The SMILES string of the molecule is CCN(CC(C)C)S(=O)(=O)c1[nH]ncc1CNC1CC1. The Balaban J connectivity index is 2.16. The summed E-state index contributed by atoms with van der Waals surface area (Å²) >= 11 is 0. The summed E-state index contributed by atoms with van der Waals surface area (Å²) in [6.07, 6.45) is 3.95. The molecule has 0 aliphatic heterocycles. The van der Waals surface area contributed by atoms with Crippen molar-refractivity contribution in [3.63, 3.8) is 0 Å². The second-order valence-corrected chi connectivity index (χ2v) is 7.60. The van der Waals surface area contributed by atoms with Gasteiger partial charge >= 0.3 is 0 Å². The Morgan fingerprint density at radius 1 is 1.50 bits per heavy atom. The van der Waals surface area contributed by atoms with Crippen LogP contribution in [0.3, 0.4) is 0 Å². The van der Waals surface area contributed by atoms with Crippen molar-refractivity contribution in [1.82, 2.24) is 19.8 Å². The fraction of sp³-hybridized carbons (Fsp3) is 0.769. The van der Waals surface area contributed by atoms with Crippen LogP contribution in [-0.4, -0.2) is 42.1 Å². The third-order valence-electron chi connectivity index (χ3n) is 3.36. The largest absolute Gasteiger partial charge is 0.310 e. The molecule has 6 nitrogen and oxygen atoms in total. The number of rotatable bonds is 8. The van der Waals surface area contributed by atoms with Crippen LogP contribution in [-0.2, 0) is 16.6 Å². The summed E-state index contributed by atoms with van der Waals surface area (Å²) in [5.74, 6) is 0.292. The van der Waals surface area contributed by atoms with Gasteiger partial charge in [0, 0.05) is 31.2 Å². The van der Waals surface area contributed by atoms with E-state index in [0.717, 1.165) is 5.56 Å². The Labute approximate surface area is 121 Å². The molecule has 0 aromatic carbocycles. The topological polar surface area (TPSA) is 78.1 Å². The Kier molecular flexibility index (Phi) is 4.82. The molecule has 1 fully saturated rings. The number of hydrogen-bond donors (Lipinski definition) is 2. The molecule has 20 heavy (non-hydrogen) atoms. The van der Waals surface area contributed by atoms with Gasteiger partial charge in [0.15, 0.2) is 5.03 Å². The zero-order valence-corrected chi connectivity index (χ0v) is 13.2. The first-order valence-electron chi connectivity index (χ1n) is 7.21. The van der Waals surface area contributed by atoms with Crippen LogP contribution in [0.4, 0.5) is 0 Å². The average Bonchev–Trinajstić information content (AvgIpc) is 3.09. The van der Waals surface area contributed by atoms with Crippen molar-refractivity contribution in [2.75, 3.05) is 13.1 Å². The van der Waals surface area contributed by atoms with Crippen LogP contribution in [0.15, 0.2) is 11.2 Å². The normalized spacial score (nSPS) is 16.2. The van der Waals surface area contributed by atoms with Crippen molar-refractivity contribution in [3.8, 4) is 0 Å². The smallest absolute Gasteiger partial charge is 0.260 e. The maximum Gasteiger partial charge on any atom is 0.260 e. The first kappa shape index (κ1) is 15.5. The molecule has 2 N–H and O–H groups in total. The molecule has 0 spiro atoms. The lowest BCUT2D eigenvalue weighted by molar-refractivity contribution is 0.379. The highest BCUT2D eigenvalue weighted by Crippen LogP contribution is 2.22. The minimum Gasteiger partial charge on any atom is -0.310 e. The maximum absolute atomic E-state index is 12.7. The first-order chi connectivity index (χ1) is 9.45. The number of nitrogens with one attached hydrogen (secondary N) is 2. The summed E-state index contributed by atoms with van der Waals surface area (Å²) in [6.45, 7) is 7.43. The van der Waals surface area contributed by atoms with Gasteiger partial charge in [-0.3, -0.25) is 5.10 Å². The van der Waals surface area contributed by atoms with E-state index in [9.17, 15) is 8.42 Å². The van der Waals surface area contributed by atoms with E-state index in [1.54, 1.807) is 6.20 Å². The quantitative estimate of drug-likeness (QED) is 0.759. The third-order valence-corrected chi connectivity index (χ3v) is 5.31. The molecule has 0 unspecified atom stereocenters. The summed E-state index contributed by atoms with van der Waals surface area (Å²) in [5, 5.41) is 10.1. The van der Waals surface area contributed by atoms with Crippen LogP contribution >= 0.6 is 0 Å². The van der Waals surface area contributed by atoms with Crippen molar-refractivity contribution in [3.05, 3.63) is 11.8 Å². The van der Waals surface area contributed by atoms with E-state index in [2.05, 4.69) is 15.5 Å². The van der Waals surface area contributed by atoms with Gasteiger partial charge in [0.25, 0.3) is 10.0 Å². The van der Waals surface area contributed by atoms with Crippen LogP contribution in [0.1, 0.15) is 39.2 Å². The molecule has 0 amide bonds. The van der Waals surface area contributed by atoms with Gasteiger partial charge in [-0.05, 0) is 18.8 Å². The summed E-state index contributed by atoms with van der Waals surface area (Å²) < 4.78 is 26.8. The lowest BCUT2D eigenvalue weighted by Crippen LogP contribution is -2.35. The molecule has 1 heterocycles. The Bertz CT molecular complexity index is 534. The van der Waals surface area contributed by atoms with Gasteiger partial charge in [-0.15, -0.1) is 0 Å². The first-order valence-corrected chi connectivity index (χ1v) is 8.65. The number of hydrogen-bond acceptors (Lipinski definition) is 4.